The van der Waals surface area contributed by atoms with Crippen molar-refractivity contribution in [3.05, 3.63) is 139 Å². The molecule has 41 heavy (non-hydrogen) atoms. The molecular weight excluding hydrogens is 584 g/mol. The van der Waals surface area contributed by atoms with Gasteiger partial charge >= 0.3 is 27.2 Å². The first-order valence-electron chi connectivity index (χ1n) is 12.2. The molecular formula is C32H26FeO7S. The third kappa shape index (κ3) is 7.95. The Balaban J connectivity index is 0.000000506. The monoisotopic (exact) mass is 610 g/mol. The fourth-order valence-corrected chi connectivity index (χ4v) is 4.99. The third-order valence-corrected chi connectivity index (χ3v) is 7.25. The summed E-state index contributed by atoms with van der Waals surface area (Å²) in [5.41, 5.74) is 3.45. The molecule has 0 atom stereocenters. The SMILES string of the molecule is Cc1cc(-c2ccccc2S(=O)(=O)Oc2ccc(OC([O-])=C3C=CC=C3)c(C)c2)ccc1O.O=CC1=C[CH][CH][CH-]1.[Fe+2]. The molecule has 7 nitrogen and oxygen atoms in total. The second-order valence-electron chi connectivity index (χ2n) is 8.86. The van der Waals surface area contributed by atoms with Crippen molar-refractivity contribution in [1.82, 2.24) is 0 Å². The van der Waals surface area contributed by atoms with Crippen LogP contribution in [0.5, 0.6) is 17.2 Å². The van der Waals surface area contributed by atoms with Crippen LogP contribution >= 0.6 is 0 Å². The van der Waals surface area contributed by atoms with E-state index in [0.29, 0.717) is 33.6 Å². The number of hydrogen-bond donors (Lipinski definition) is 1. The van der Waals surface area contributed by atoms with E-state index in [-0.39, 0.29) is 33.5 Å². The van der Waals surface area contributed by atoms with Gasteiger partial charge in [0.15, 0.2) is 0 Å². The van der Waals surface area contributed by atoms with Crippen LogP contribution in [0.3, 0.4) is 0 Å². The Kier molecular flexibility index (Phi) is 10.7. The number of hydrogen-bond acceptors (Lipinski definition) is 7. The van der Waals surface area contributed by atoms with Crippen LogP contribution in [0.15, 0.2) is 113 Å². The summed E-state index contributed by atoms with van der Waals surface area (Å²) in [6.07, 6.45) is 14.8. The van der Waals surface area contributed by atoms with Crippen molar-refractivity contribution in [2.75, 3.05) is 0 Å². The number of rotatable bonds is 7. The molecule has 0 aliphatic heterocycles. The van der Waals surface area contributed by atoms with Crippen molar-refractivity contribution < 1.29 is 49.4 Å². The van der Waals surface area contributed by atoms with E-state index in [9.17, 15) is 23.4 Å². The van der Waals surface area contributed by atoms with Crippen molar-refractivity contribution in [2.45, 2.75) is 18.7 Å². The van der Waals surface area contributed by atoms with Crippen LogP contribution in [0.2, 0.25) is 0 Å². The Morgan fingerprint density at radius 1 is 0.976 bits per heavy atom. The van der Waals surface area contributed by atoms with Gasteiger partial charge in [0.1, 0.15) is 16.4 Å². The molecule has 2 aliphatic rings. The smallest absolute Gasteiger partial charge is 0.579 e. The summed E-state index contributed by atoms with van der Waals surface area (Å²) < 4.78 is 37.0. The topological polar surface area (TPSA) is 113 Å². The van der Waals surface area contributed by atoms with Crippen LogP contribution in [-0.2, 0) is 32.0 Å². The third-order valence-electron chi connectivity index (χ3n) is 5.94. The number of aryl methyl sites for hydroxylation is 2. The molecule has 5 rings (SSSR count). The second kappa shape index (κ2) is 13.9. The Hall–Kier alpha value is -4.17. The number of carbonyl (C=O) groups excluding carboxylic acids is 1. The minimum Gasteiger partial charge on any atom is -0.579 e. The predicted molar refractivity (Wildman–Crippen MR) is 150 cm³/mol. The Morgan fingerprint density at radius 3 is 2.32 bits per heavy atom. The van der Waals surface area contributed by atoms with Crippen molar-refractivity contribution in [3.8, 4) is 28.4 Å². The molecule has 3 aromatic rings. The van der Waals surface area contributed by atoms with E-state index >= 15 is 0 Å². The van der Waals surface area contributed by atoms with Crippen molar-refractivity contribution >= 4 is 16.4 Å². The molecule has 3 aromatic carbocycles. The van der Waals surface area contributed by atoms with E-state index in [4.69, 9.17) is 8.92 Å². The van der Waals surface area contributed by atoms with E-state index in [1.165, 1.54) is 30.3 Å². The molecule has 0 unspecified atom stereocenters. The van der Waals surface area contributed by atoms with Crippen LogP contribution in [-0.4, -0.2) is 19.8 Å². The first-order chi connectivity index (χ1) is 19.2. The van der Waals surface area contributed by atoms with Crippen LogP contribution in [0, 0.1) is 33.1 Å². The number of allylic oxidation sites excluding steroid dienone is 7. The molecule has 0 bridgehead atoms. The summed E-state index contributed by atoms with van der Waals surface area (Å²) in [5, 5.41) is 22.0. The predicted octanol–water partition coefficient (Wildman–Crippen LogP) is 5.26. The zero-order valence-corrected chi connectivity index (χ0v) is 24.0. The number of aromatic hydroxyl groups is 1. The number of carbonyl (C=O) groups is 1. The number of aldehydes is 1. The van der Waals surface area contributed by atoms with E-state index in [0.717, 1.165) is 11.9 Å². The van der Waals surface area contributed by atoms with Crippen molar-refractivity contribution in [2.24, 2.45) is 0 Å². The molecule has 0 aromatic heterocycles. The van der Waals surface area contributed by atoms with Crippen molar-refractivity contribution in [1.29, 1.82) is 0 Å². The standard InChI is InChI=1S/C26H22O6S.C6H5O.Fe/c1-17-15-20(11-13-23(17)27)22-9-5-6-10-25(22)33(29,30)32-21-12-14-24(18(2)16-21)31-26(28)19-7-3-4-8-19;7-5-6-3-1-2-4-6;/h3-16,27-28H,1-2H3;1-5H;/q;-1;+2/p-1. The van der Waals surface area contributed by atoms with Gasteiger partial charge < -0.3 is 23.9 Å². The van der Waals surface area contributed by atoms with Gasteiger partial charge in [0.05, 0.1) is 5.95 Å². The Labute approximate surface area is 250 Å². The molecule has 0 spiro atoms. The summed E-state index contributed by atoms with van der Waals surface area (Å²) in [6, 6.07) is 15.8. The zero-order chi connectivity index (χ0) is 28.7. The Bertz CT molecular complexity index is 1640. The maximum Gasteiger partial charge on any atom is 2.00 e. The molecule has 210 valence electrons. The van der Waals surface area contributed by atoms with Gasteiger partial charge in [0.2, 0.25) is 0 Å². The van der Waals surface area contributed by atoms with Gasteiger partial charge in [-0.15, -0.1) is 0 Å². The summed E-state index contributed by atoms with van der Waals surface area (Å²) in [6.45, 7) is 3.43. The quantitative estimate of drug-likeness (QED) is 0.128. The van der Waals surface area contributed by atoms with Crippen LogP contribution in [0.4, 0.5) is 0 Å². The minimum absolute atomic E-state index is 0. The van der Waals surface area contributed by atoms with Crippen LogP contribution < -0.4 is 14.0 Å². The maximum absolute atomic E-state index is 13.1. The normalized spacial score (nSPS) is 13.3. The number of phenolic OH excluding ortho intramolecular Hbond substituents is 1. The van der Waals surface area contributed by atoms with E-state index in [1.807, 2.05) is 12.8 Å². The van der Waals surface area contributed by atoms with E-state index in [1.54, 1.807) is 81.0 Å². The molecule has 2 aliphatic carbocycles. The van der Waals surface area contributed by atoms with Gasteiger partial charge in [-0.3, -0.25) is 0 Å². The fourth-order valence-electron chi connectivity index (χ4n) is 3.84. The van der Waals surface area contributed by atoms with Crippen LogP contribution in [0.25, 0.3) is 11.1 Å². The van der Waals surface area contributed by atoms with Gasteiger partial charge in [-0.1, -0.05) is 61.4 Å². The first kappa shape index (κ1) is 31.4. The van der Waals surface area contributed by atoms with Gasteiger partial charge in [-0.25, -0.2) is 0 Å². The summed E-state index contributed by atoms with van der Waals surface area (Å²) >= 11 is 0. The van der Waals surface area contributed by atoms with Gasteiger partial charge in [-0.05, 0) is 72.5 Å². The average Bonchev–Trinajstić information content (AvgIpc) is 3.67. The molecule has 0 fully saturated rings. The molecule has 9 heteroatoms. The summed E-state index contributed by atoms with van der Waals surface area (Å²) in [5.74, 6) is 0.0377. The number of benzene rings is 3. The van der Waals surface area contributed by atoms with Gasteiger partial charge in [0.25, 0.3) is 0 Å². The van der Waals surface area contributed by atoms with Gasteiger partial charge in [0, 0.05) is 17.6 Å². The Morgan fingerprint density at radius 2 is 1.71 bits per heavy atom. The zero-order valence-electron chi connectivity index (χ0n) is 22.1. The maximum atomic E-state index is 13.1. The van der Waals surface area contributed by atoms with Crippen LogP contribution in [0.1, 0.15) is 11.1 Å². The molecule has 2 radical (unpaired) electrons. The minimum atomic E-state index is -4.17. The van der Waals surface area contributed by atoms with E-state index < -0.39 is 16.1 Å². The molecule has 0 saturated heterocycles. The van der Waals surface area contributed by atoms with E-state index in [2.05, 4.69) is 0 Å². The average molecular weight is 610 g/mol. The first-order valence-corrected chi connectivity index (χ1v) is 13.6. The molecule has 0 heterocycles. The molecule has 0 amide bonds. The van der Waals surface area contributed by atoms with Crippen molar-refractivity contribution in [3.63, 3.8) is 0 Å². The summed E-state index contributed by atoms with van der Waals surface area (Å²) in [7, 11) is -4.17. The number of ether oxygens (including phenoxy) is 1. The number of phenols is 1. The molecule has 0 saturated carbocycles. The molecule has 1 N–H and O–H groups in total. The van der Waals surface area contributed by atoms with Gasteiger partial charge in [-0.2, -0.15) is 26.5 Å². The largest absolute Gasteiger partial charge is 2.00 e. The second-order valence-corrected chi connectivity index (χ2v) is 10.4. The fraction of sp³-hybridized carbons (Fsp3) is 0.0625. The summed E-state index contributed by atoms with van der Waals surface area (Å²) in [4.78, 5) is 9.87.